The second kappa shape index (κ2) is 4.59. The number of halogens is 4. The van der Waals surface area contributed by atoms with E-state index in [0.717, 1.165) is 7.11 Å². The van der Waals surface area contributed by atoms with Gasteiger partial charge in [0.2, 0.25) is 0 Å². The third-order valence-corrected chi connectivity index (χ3v) is 1.99. The van der Waals surface area contributed by atoms with Gasteiger partial charge >= 0.3 is 12.1 Å². The Morgan fingerprint density at radius 1 is 1.39 bits per heavy atom. The smallest absolute Gasteiger partial charge is 0.423 e. The molecule has 0 atom stereocenters. The molecule has 0 N–H and O–H groups in total. The first-order chi connectivity index (χ1) is 8.18. The van der Waals surface area contributed by atoms with Crippen LogP contribution >= 0.6 is 0 Å². The monoisotopic (exact) mass is 267 g/mol. The van der Waals surface area contributed by atoms with Crippen LogP contribution in [0.2, 0.25) is 0 Å². The normalized spacial score (nSPS) is 11.2. The van der Waals surface area contributed by atoms with Gasteiger partial charge in [-0.1, -0.05) is 0 Å². The van der Waals surface area contributed by atoms with Crippen molar-refractivity contribution >= 4 is 11.7 Å². The van der Waals surface area contributed by atoms with Gasteiger partial charge in [0.05, 0.1) is 12.0 Å². The number of esters is 1. The van der Waals surface area contributed by atoms with Gasteiger partial charge in [-0.05, 0) is 6.07 Å². The maximum atomic E-state index is 13.2. The molecule has 1 rings (SSSR count). The molecule has 0 aliphatic carbocycles. The van der Waals surface area contributed by atoms with Crippen molar-refractivity contribution in [2.75, 3.05) is 7.11 Å². The van der Waals surface area contributed by atoms with Crippen molar-refractivity contribution < 1.29 is 32.0 Å². The van der Waals surface area contributed by atoms with Crippen LogP contribution in [0.25, 0.3) is 0 Å². The summed E-state index contributed by atoms with van der Waals surface area (Å²) in [6.07, 6.45) is -5.10. The van der Waals surface area contributed by atoms with E-state index < -0.39 is 39.7 Å². The van der Waals surface area contributed by atoms with Crippen molar-refractivity contribution in [1.82, 2.24) is 0 Å². The highest BCUT2D eigenvalue weighted by Gasteiger charge is 2.40. The second-order valence-electron chi connectivity index (χ2n) is 3.10. The lowest BCUT2D eigenvalue weighted by atomic mass is 10.1. The predicted octanol–water partition coefficient (Wildman–Crippen LogP) is 2.54. The van der Waals surface area contributed by atoms with Gasteiger partial charge in [0.25, 0.3) is 5.69 Å². The zero-order valence-corrected chi connectivity index (χ0v) is 8.75. The highest BCUT2D eigenvalue weighted by molar-refractivity contribution is 5.90. The topological polar surface area (TPSA) is 69.4 Å². The first-order valence-electron chi connectivity index (χ1n) is 4.32. The molecule has 0 spiro atoms. The summed E-state index contributed by atoms with van der Waals surface area (Å²) in [6, 6.07) is 0.0916. The summed E-state index contributed by atoms with van der Waals surface area (Å²) in [6.45, 7) is 0. The number of nitro benzene ring substituents is 1. The summed E-state index contributed by atoms with van der Waals surface area (Å²) >= 11 is 0. The Bertz CT molecular complexity index is 512. The summed E-state index contributed by atoms with van der Waals surface area (Å²) in [7, 11) is 0.866. The summed E-state index contributed by atoms with van der Waals surface area (Å²) in [5.41, 5.74) is -4.11. The number of methoxy groups -OCH3 is 1. The van der Waals surface area contributed by atoms with E-state index in [1.54, 1.807) is 0 Å². The number of carbonyl (C=O) groups excluding carboxylic acids is 1. The number of nitrogens with zero attached hydrogens (tertiary/aromatic N) is 1. The lowest BCUT2D eigenvalue weighted by molar-refractivity contribution is -0.388. The fraction of sp³-hybridized carbons (Fsp3) is 0.222. The zero-order chi connectivity index (χ0) is 14.1. The molecule has 1 aromatic rings. The Balaban J connectivity index is 3.54. The Hall–Kier alpha value is -2.19. The Morgan fingerprint density at radius 3 is 2.33 bits per heavy atom. The first-order valence-corrected chi connectivity index (χ1v) is 4.32. The van der Waals surface area contributed by atoms with Gasteiger partial charge < -0.3 is 4.74 Å². The molecule has 0 saturated carbocycles. The molecule has 0 fully saturated rings. The Kier molecular flexibility index (Phi) is 3.54. The number of hydrogen-bond acceptors (Lipinski definition) is 4. The standard InChI is InChI=1S/C9H5F4NO4/c1-18-8(15)4-2-7(14(16)17)5(3-6(4)10)9(11,12)13/h2-3H,1H3. The van der Waals surface area contributed by atoms with Gasteiger partial charge in [0.15, 0.2) is 0 Å². The van der Waals surface area contributed by atoms with Crippen LogP contribution in [-0.2, 0) is 10.9 Å². The van der Waals surface area contributed by atoms with E-state index in [1.807, 2.05) is 0 Å². The summed E-state index contributed by atoms with van der Waals surface area (Å²) < 4.78 is 54.6. The van der Waals surface area contributed by atoms with E-state index in [1.165, 1.54) is 0 Å². The van der Waals surface area contributed by atoms with Gasteiger partial charge in [-0.25, -0.2) is 9.18 Å². The molecule has 98 valence electrons. The Labute approximate surface area is 97.1 Å². The number of nitro groups is 1. The maximum Gasteiger partial charge on any atom is 0.423 e. The molecule has 0 aliphatic heterocycles. The molecule has 0 unspecified atom stereocenters. The molecule has 5 nitrogen and oxygen atoms in total. The van der Waals surface area contributed by atoms with Crippen LogP contribution in [-0.4, -0.2) is 18.0 Å². The van der Waals surface area contributed by atoms with Crippen LogP contribution in [0.3, 0.4) is 0 Å². The molecule has 0 aromatic heterocycles. The number of alkyl halides is 3. The van der Waals surface area contributed by atoms with Crippen LogP contribution < -0.4 is 0 Å². The van der Waals surface area contributed by atoms with Crippen LogP contribution in [0.5, 0.6) is 0 Å². The number of benzene rings is 1. The molecule has 1 aromatic carbocycles. The van der Waals surface area contributed by atoms with Crippen molar-refractivity contribution in [2.45, 2.75) is 6.18 Å². The second-order valence-corrected chi connectivity index (χ2v) is 3.10. The molecule has 0 amide bonds. The third kappa shape index (κ3) is 2.55. The van der Waals surface area contributed by atoms with E-state index in [9.17, 15) is 32.5 Å². The minimum Gasteiger partial charge on any atom is -0.465 e. The summed E-state index contributed by atoms with van der Waals surface area (Å²) in [4.78, 5) is 20.1. The number of hydrogen-bond donors (Lipinski definition) is 0. The molecular weight excluding hydrogens is 262 g/mol. The van der Waals surface area contributed by atoms with Gasteiger partial charge in [-0.3, -0.25) is 10.1 Å². The maximum absolute atomic E-state index is 13.2. The van der Waals surface area contributed by atoms with E-state index >= 15 is 0 Å². The van der Waals surface area contributed by atoms with Crippen molar-refractivity contribution in [2.24, 2.45) is 0 Å². The molecule has 0 heterocycles. The van der Waals surface area contributed by atoms with Crippen molar-refractivity contribution in [3.8, 4) is 0 Å². The number of rotatable bonds is 2. The van der Waals surface area contributed by atoms with E-state index in [0.29, 0.717) is 0 Å². The predicted molar refractivity (Wildman–Crippen MR) is 49.4 cm³/mol. The van der Waals surface area contributed by atoms with Crippen LogP contribution in [0.15, 0.2) is 12.1 Å². The van der Waals surface area contributed by atoms with Gasteiger partial charge in [0, 0.05) is 6.07 Å². The van der Waals surface area contributed by atoms with Crippen molar-refractivity contribution in [1.29, 1.82) is 0 Å². The van der Waals surface area contributed by atoms with Crippen LogP contribution in [0, 0.1) is 15.9 Å². The molecule has 0 aliphatic rings. The molecular formula is C9H5F4NO4. The van der Waals surface area contributed by atoms with Crippen LogP contribution in [0.4, 0.5) is 23.2 Å². The summed E-state index contributed by atoms with van der Waals surface area (Å²) in [5, 5.41) is 10.5. The zero-order valence-electron chi connectivity index (χ0n) is 8.75. The van der Waals surface area contributed by atoms with E-state index in [-0.39, 0.29) is 12.1 Å². The fourth-order valence-electron chi connectivity index (χ4n) is 1.21. The fourth-order valence-corrected chi connectivity index (χ4v) is 1.21. The van der Waals surface area contributed by atoms with Gasteiger partial charge in [-0.2, -0.15) is 13.2 Å². The van der Waals surface area contributed by atoms with E-state index in [4.69, 9.17) is 0 Å². The molecule has 0 bridgehead atoms. The van der Waals surface area contributed by atoms with Gasteiger partial charge in [0.1, 0.15) is 16.9 Å². The SMILES string of the molecule is COC(=O)c1cc([N+](=O)[O-])c(C(F)(F)F)cc1F. The number of ether oxygens (including phenoxy) is 1. The third-order valence-electron chi connectivity index (χ3n) is 1.99. The lowest BCUT2D eigenvalue weighted by Crippen LogP contribution is -2.13. The largest absolute Gasteiger partial charge is 0.465 e. The van der Waals surface area contributed by atoms with Crippen LogP contribution in [0.1, 0.15) is 15.9 Å². The Morgan fingerprint density at radius 2 is 1.94 bits per heavy atom. The molecule has 0 radical (unpaired) electrons. The highest BCUT2D eigenvalue weighted by Crippen LogP contribution is 2.37. The molecule has 0 saturated heterocycles. The van der Waals surface area contributed by atoms with Crippen molar-refractivity contribution in [3.05, 3.63) is 39.2 Å². The van der Waals surface area contributed by atoms with E-state index in [2.05, 4.69) is 4.74 Å². The first kappa shape index (κ1) is 13.9. The average molecular weight is 267 g/mol. The number of carbonyl (C=O) groups is 1. The lowest BCUT2D eigenvalue weighted by Gasteiger charge is -2.09. The quantitative estimate of drug-likeness (QED) is 0.357. The minimum absolute atomic E-state index is 0.107. The molecule has 9 heteroatoms. The summed E-state index contributed by atoms with van der Waals surface area (Å²) in [5.74, 6) is -2.84. The molecule has 18 heavy (non-hydrogen) atoms. The average Bonchev–Trinajstić information content (AvgIpc) is 2.26. The minimum atomic E-state index is -5.10. The van der Waals surface area contributed by atoms with Gasteiger partial charge in [-0.15, -0.1) is 0 Å². The van der Waals surface area contributed by atoms with Crippen molar-refractivity contribution in [3.63, 3.8) is 0 Å². The highest BCUT2D eigenvalue weighted by atomic mass is 19.4.